The molecule has 0 bridgehead atoms. The first kappa shape index (κ1) is 16.5. The maximum absolute atomic E-state index is 13.5. The van der Waals surface area contributed by atoms with Gasteiger partial charge in [-0.15, -0.1) is 0 Å². The third kappa shape index (κ3) is 2.40. The van der Waals surface area contributed by atoms with Crippen LogP contribution >= 0.6 is 0 Å². The smallest absolute Gasteiger partial charge is 0.255 e. The zero-order chi connectivity index (χ0) is 18.6. The molecule has 2 aliphatic rings. The molecule has 2 aliphatic heterocycles. The maximum Gasteiger partial charge on any atom is 0.255 e. The molecule has 0 radical (unpaired) electrons. The van der Waals surface area contributed by atoms with Crippen molar-refractivity contribution in [2.75, 3.05) is 13.1 Å². The Labute approximate surface area is 157 Å². The van der Waals surface area contributed by atoms with Gasteiger partial charge < -0.3 is 4.90 Å². The van der Waals surface area contributed by atoms with Crippen LogP contribution in [0.15, 0.2) is 71.6 Å². The Morgan fingerprint density at radius 2 is 1.59 bits per heavy atom. The lowest BCUT2D eigenvalue weighted by Crippen LogP contribution is -2.48. The van der Waals surface area contributed by atoms with Crippen LogP contribution in [-0.2, 0) is 10.0 Å². The fourth-order valence-corrected chi connectivity index (χ4v) is 5.77. The van der Waals surface area contributed by atoms with E-state index in [-0.39, 0.29) is 10.8 Å². The van der Waals surface area contributed by atoms with E-state index in [1.165, 1.54) is 4.31 Å². The summed E-state index contributed by atoms with van der Waals surface area (Å²) < 4.78 is 28.4. The van der Waals surface area contributed by atoms with E-state index in [0.29, 0.717) is 25.1 Å². The number of benzene rings is 3. The fraction of sp³-hybridized carbons (Fsp3) is 0.190. The first-order valence-corrected chi connectivity index (χ1v) is 10.4. The van der Waals surface area contributed by atoms with Crippen LogP contribution in [0.4, 0.5) is 0 Å². The molecule has 0 saturated carbocycles. The predicted octanol–water partition coefficient (Wildman–Crippen LogP) is 3.39. The molecule has 1 amide bonds. The average Bonchev–Trinajstić information content (AvgIpc) is 3.00. The number of carbonyl (C=O) groups excluding carboxylic acids is 1. The van der Waals surface area contributed by atoms with E-state index in [9.17, 15) is 13.2 Å². The van der Waals surface area contributed by atoms with E-state index in [1.807, 2.05) is 48.5 Å². The minimum Gasteiger partial charge on any atom is -0.318 e. The second-order valence-corrected chi connectivity index (χ2v) is 8.83. The van der Waals surface area contributed by atoms with E-state index >= 15 is 0 Å². The molecule has 5 nitrogen and oxygen atoms in total. The Hall–Kier alpha value is -2.70. The summed E-state index contributed by atoms with van der Waals surface area (Å²) in [5.41, 5.74) is 1.37. The van der Waals surface area contributed by atoms with Crippen LogP contribution in [0, 0.1) is 0 Å². The quantitative estimate of drug-likeness (QED) is 0.687. The minimum atomic E-state index is -3.73. The zero-order valence-electron chi connectivity index (χ0n) is 14.6. The topological polar surface area (TPSA) is 57.7 Å². The van der Waals surface area contributed by atoms with Gasteiger partial charge in [0.15, 0.2) is 0 Å². The van der Waals surface area contributed by atoms with Gasteiger partial charge in [-0.1, -0.05) is 48.5 Å². The molecule has 0 aliphatic carbocycles. The van der Waals surface area contributed by atoms with Crippen LogP contribution in [0.5, 0.6) is 0 Å². The van der Waals surface area contributed by atoms with Crippen molar-refractivity contribution in [1.29, 1.82) is 0 Å². The number of nitrogens with zero attached hydrogens (tertiary/aromatic N) is 2. The SMILES string of the molecule is O=C1c2ccccc2C2N1CCCN2S(=O)(=O)c1ccc2ccccc2c1. The number of amides is 1. The normalized spacial score (nSPS) is 19.9. The number of carbonyl (C=O) groups is 1. The molecule has 3 aromatic rings. The van der Waals surface area contributed by atoms with Crippen LogP contribution in [0.1, 0.15) is 28.5 Å². The standard InChI is InChI=1S/C21H18N2O3S/c24-21-19-9-4-3-8-18(19)20-22(21)12-5-13-23(20)27(25,26)17-11-10-15-6-1-2-7-16(15)14-17/h1-4,6-11,14,20H,5,12-13H2. The number of rotatable bonds is 2. The third-order valence-electron chi connectivity index (χ3n) is 5.40. The van der Waals surface area contributed by atoms with Crippen molar-refractivity contribution in [2.24, 2.45) is 0 Å². The van der Waals surface area contributed by atoms with Gasteiger partial charge in [0.05, 0.1) is 4.90 Å². The van der Waals surface area contributed by atoms with E-state index < -0.39 is 16.2 Å². The predicted molar refractivity (Wildman–Crippen MR) is 103 cm³/mol. The molecule has 0 aromatic heterocycles. The van der Waals surface area contributed by atoms with Crippen LogP contribution in [-0.4, -0.2) is 36.6 Å². The van der Waals surface area contributed by atoms with E-state index in [0.717, 1.165) is 16.3 Å². The largest absolute Gasteiger partial charge is 0.318 e. The zero-order valence-corrected chi connectivity index (χ0v) is 15.4. The molecule has 1 fully saturated rings. The molecule has 1 unspecified atom stereocenters. The summed E-state index contributed by atoms with van der Waals surface area (Å²) in [6.07, 6.45) is 0.0715. The Morgan fingerprint density at radius 3 is 2.44 bits per heavy atom. The Balaban J connectivity index is 1.63. The number of hydrogen-bond acceptors (Lipinski definition) is 3. The van der Waals surface area contributed by atoms with Crippen molar-refractivity contribution < 1.29 is 13.2 Å². The molecule has 0 N–H and O–H groups in total. The highest BCUT2D eigenvalue weighted by atomic mass is 32.2. The highest BCUT2D eigenvalue weighted by Gasteiger charge is 2.46. The minimum absolute atomic E-state index is 0.0889. The van der Waals surface area contributed by atoms with Crippen molar-refractivity contribution >= 4 is 26.7 Å². The lowest BCUT2D eigenvalue weighted by Gasteiger charge is -2.39. The van der Waals surface area contributed by atoms with E-state index in [1.54, 1.807) is 23.1 Å². The van der Waals surface area contributed by atoms with Crippen molar-refractivity contribution in [3.05, 3.63) is 77.9 Å². The molecule has 1 saturated heterocycles. The fourth-order valence-electron chi connectivity index (χ4n) is 4.12. The Kier molecular flexibility index (Phi) is 3.60. The van der Waals surface area contributed by atoms with Crippen LogP contribution in [0.2, 0.25) is 0 Å². The van der Waals surface area contributed by atoms with E-state index in [2.05, 4.69) is 0 Å². The number of hydrogen-bond donors (Lipinski definition) is 0. The summed E-state index contributed by atoms with van der Waals surface area (Å²) in [6.45, 7) is 0.972. The van der Waals surface area contributed by atoms with Gasteiger partial charge in [-0.05, 0) is 35.4 Å². The second kappa shape index (κ2) is 5.90. The van der Waals surface area contributed by atoms with Gasteiger partial charge in [-0.2, -0.15) is 4.31 Å². The number of sulfonamides is 1. The lowest BCUT2D eigenvalue weighted by molar-refractivity contribution is 0.0470. The second-order valence-electron chi connectivity index (χ2n) is 6.94. The van der Waals surface area contributed by atoms with Crippen LogP contribution < -0.4 is 0 Å². The Bertz CT molecular complexity index is 1170. The molecule has 1 atom stereocenters. The molecule has 27 heavy (non-hydrogen) atoms. The summed E-state index contributed by atoms with van der Waals surface area (Å²) in [7, 11) is -3.73. The molecule has 2 heterocycles. The monoisotopic (exact) mass is 378 g/mol. The molecule has 0 spiro atoms. The van der Waals surface area contributed by atoms with Gasteiger partial charge in [0.25, 0.3) is 5.91 Å². The van der Waals surface area contributed by atoms with Crippen molar-refractivity contribution in [2.45, 2.75) is 17.5 Å². The summed E-state index contributed by atoms with van der Waals surface area (Å²) >= 11 is 0. The maximum atomic E-state index is 13.5. The molecular weight excluding hydrogens is 360 g/mol. The van der Waals surface area contributed by atoms with Crippen LogP contribution in [0.3, 0.4) is 0 Å². The van der Waals surface area contributed by atoms with Crippen molar-refractivity contribution in [1.82, 2.24) is 9.21 Å². The molecule has 6 heteroatoms. The van der Waals surface area contributed by atoms with Crippen LogP contribution in [0.25, 0.3) is 10.8 Å². The summed E-state index contributed by atoms with van der Waals surface area (Å²) in [5.74, 6) is -0.0889. The lowest BCUT2D eigenvalue weighted by atomic mass is 10.1. The summed E-state index contributed by atoms with van der Waals surface area (Å²) in [6, 6.07) is 20.2. The van der Waals surface area contributed by atoms with E-state index in [4.69, 9.17) is 0 Å². The molecule has 136 valence electrons. The van der Waals surface area contributed by atoms with Gasteiger partial charge >= 0.3 is 0 Å². The van der Waals surface area contributed by atoms with Gasteiger partial charge in [-0.3, -0.25) is 4.79 Å². The summed E-state index contributed by atoms with van der Waals surface area (Å²) in [5, 5.41) is 1.88. The van der Waals surface area contributed by atoms with Gasteiger partial charge in [0.1, 0.15) is 6.17 Å². The number of fused-ring (bicyclic) bond motifs is 4. The third-order valence-corrected chi connectivity index (χ3v) is 7.25. The first-order valence-electron chi connectivity index (χ1n) is 8.98. The highest BCUT2D eigenvalue weighted by Crippen LogP contribution is 2.41. The van der Waals surface area contributed by atoms with Gasteiger partial charge in [-0.25, -0.2) is 8.42 Å². The molecule has 3 aromatic carbocycles. The molecule has 5 rings (SSSR count). The van der Waals surface area contributed by atoms with Gasteiger partial charge in [0, 0.05) is 24.2 Å². The Morgan fingerprint density at radius 1 is 0.852 bits per heavy atom. The van der Waals surface area contributed by atoms with Crippen molar-refractivity contribution in [3.8, 4) is 0 Å². The summed E-state index contributed by atoms with van der Waals surface area (Å²) in [4.78, 5) is 14.7. The average molecular weight is 378 g/mol. The first-order chi connectivity index (χ1) is 13.1. The molecular formula is C21H18N2O3S. The van der Waals surface area contributed by atoms with Crippen molar-refractivity contribution in [3.63, 3.8) is 0 Å². The highest BCUT2D eigenvalue weighted by molar-refractivity contribution is 7.89. The van der Waals surface area contributed by atoms with Gasteiger partial charge in [0.2, 0.25) is 10.0 Å².